The molecule has 0 aliphatic heterocycles. The van der Waals surface area contributed by atoms with Gasteiger partial charge in [0.05, 0.1) is 0 Å². The summed E-state index contributed by atoms with van der Waals surface area (Å²) in [6.07, 6.45) is -2.39. The van der Waals surface area contributed by atoms with Gasteiger partial charge in [-0.3, -0.25) is 0 Å². The first-order chi connectivity index (χ1) is 5.44. The molecule has 0 fully saturated rings. The van der Waals surface area contributed by atoms with E-state index < -0.39 is 26.7 Å². The van der Waals surface area contributed by atoms with Crippen LogP contribution in [0.2, 0.25) is 6.00 Å². The molecular weight excluding hydrogens is 155 g/mol. The molecule has 0 saturated carbocycles. The third-order valence-corrected chi connectivity index (χ3v) is 0.869. The summed E-state index contributed by atoms with van der Waals surface area (Å²) in [7, 11) is -3.79. The minimum Gasteiger partial charge on any atom is -0.587 e. The molecular formula is C6H13NaO2Si. The van der Waals surface area contributed by atoms with Crippen molar-refractivity contribution >= 4 is 8.93 Å². The SMILES string of the molecule is [2H]C([2H])([Si](=O)[O-])C([2H])([2H])C(C)(C)C.[Na+]. The smallest absolute Gasteiger partial charge is 0.587 e. The first-order valence-corrected chi connectivity index (χ1v) is 3.97. The summed E-state index contributed by atoms with van der Waals surface area (Å²) in [6, 6.07) is 0. The van der Waals surface area contributed by atoms with E-state index in [0.717, 1.165) is 0 Å². The van der Waals surface area contributed by atoms with Gasteiger partial charge in [-0.25, -0.2) is 0 Å². The molecule has 0 aliphatic rings. The maximum Gasteiger partial charge on any atom is 1.00 e. The van der Waals surface area contributed by atoms with Crippen molar-refractivity contribution < 1.29 is 44.3 Å². The van der Waals surface area contributed by atoms with E-state index >= 15 is 0 Å². The van der Waals surface area contributed by atoms with Crippen molar-refractivity contribution in [2.75, 3.05) is 0 Å². The van der Waals surface area contributed by atoms with Gasteiger partial charge < -0.3 is 9.26 Å². The quantitative estimate of drug-likeness (QED) is 0.440. The summed E-state index contributed by atoms with van der Waals surface area (Å²) in [5, 5.41) is 0. The molecule has 0 saturated heterocycles. The topological polar surface area (TPSA) is 40.1 Å². The normalized spacial score (nSPS) is 19.1. The van der Waals surface area contributed by atoms with Gasteiger partial charge in [0.1, 0.15) is 8.93 Å². The van der Waals surface area contributed by atoms with Crippen molar-refractivity contribution in [2.45, 2.75) is 33.1 Å². The fourth-order valence-electron chi connectivity index (χ4n) is 0.239. The average Bonchev–Trinajstić information content (AvgIpc) is 1.84. The maximum absolute atomic E-state index is 10.6. The molecule has 0 radical (unpaired) electrons. The molecule has 4 heteroatoms. The molecule has 0 atom stereocenters. The number of hydrogen-bond acceptors (Lipinski definition) is 2. The third-order valence-electron chi connectivity index (χ3n) is 0.540. The van der Waals surface area contributed by atoms with Gasteiger partial charge in [-0.15, -0.1) is 0 Å². The van der Waals surface area contributed by atoms with Gasteiger partial charge in [0.25, 0.3) is 0 Å². The summed E-state index contributed by atoms with van der Waals surface area (Å²) in [5.41, 5.74) is -1.05. The predicted octanol–water partition coefficient (Wildman–Crippen LogP) is -2.29. The van der Waals surface area contributed by atoms with Crippen LogP contribution < -0.4 is 34.4 Å². The van der Waals surface area contributed by atoms with Gasteiger partial charge >= 0.3 is 29.6 Å². The Morgan fingerprint density at radius 3 is 2.10 bits per heavy atom. The van der Waals surface area contributed by atoms with Crippen LogP contribution in [0.1, 0.15) is 32.6 Å². The Labute approximate surface area is 91.7 Å². The number of rotatable bonds is 2. The van der Waals surface area contributed by atoms with E-state index in [1.165, 1.54) is 20.8 Å². The third kappa shape index (κ3) is 11.6. The first kappa shape index (κ1) is 6.35. The molecule has 0 unspecified atom stereocenters. The summed E-state index contributed by atoms with van der Waals surface area (Å²) < 4.78 is 39.7. The van der Waals surface area contributed by atoms with E-state index in [-0.39, 0.29) is 29.6 Å². The van der Waals surface area contributed by atoms with Crippen LogP contribution in [-0.2, 0) is 4.46 Å². The molecule has 54 valence electrons. The molecule has 10 heavy (non-hydrogen) atoms. The fraction of sp³-hybridized carbons (Fsp3) is 1.00. The molecule has 0 amide bonds. The van der Waals surface area contributed by atoms with E-state index in [9.17, 15) is 9.26 Å². The molecule has 0 heterocycles. The Balaban J connectivity index is 0. The molecule has 0 aliphatic carbocycles. The summed E-state index contributed by atoms with van der Waals surface area (Å²) in [4.78, 5) is 10.6. The predicted molar refractivity (Wildman–Crippen MR) is 35.3 cm³/mol. The zero-order chi connectivity index (χ0) is 11.1. The van der Waals surface area contributed by atoms with Gasteiger partial charge in [-0.2, -0.15) is 0 Å². The standard InChI is InChI=1S/C6H13O2Si.Na/c1-6(2,3)4-5-9(7)8;/h4-5H2,1-3H3;/q-1;+1/i4D2,5D2;. The van der Waals surface area contributed by atoms with E-state index in [1.807, 2.05) is 0 Å². The number of hydrogen-bond donors (Lipinski definition) is 0. The molecule has 0 N–H and O–H groups in total. The van der Waals surface area contributed by atoms with Crippen molar-refractivity contribution in [2.24, 2.45) is 5.41 Å². The second kappa shape index (κ2) is 5.47. The second-order valence-corrected chi connectivity index (χ2v) is 3.61. The van der Waals surface area contributed by atoms with Crippen LogP contribution in [-0.4, -0.2) is 8.93 Å². The van der Waals surface area contributed by atoms with Crippen LogP contribution in [0.15, 0.2) is 0 Å². The van der Waals surface area contributed by atoms with Crippen LogP contribution in [0.3, 0.4) is 0 Å². The molecule has 0 bridgehead atoms. The second-order valence-electron chi connectivity index (χ2n) is 2.79. The fourth-order valence-corrected chi connectivity index (χ4v) is 0.716. The Bertz CT molecular complexity index is 226. The van der Waals surface area contributed by atoms with Crippen LogP contribution in [0.5, 0.6) is 0 Å². The molecule has 0 aromatic heterocycles. The summed E-state index contributed by atoms with van der Waals surface area (Å²) in [5.74, 6) is -2.80. The van der Waals surface area contributed by atoms with Gasteiger partial charge in [-0.1, -0.05) is 20.8 Å². The van der Waals surface area contributed by atoms with Gasteiger partial charge in [-0.05, 0) is 17.8 Å². The molecule has 0 aromatic rings. The van der Waals surface area contributed by atoms with Gasteiger partial charge in [0.2, 0.25) is 0 Å². The van der Waals surface area contributed by atoms with Crippen LogP contribution >= 0.6 is 0 Å². The van der Waals surface area contributed by atoms with Gasteiger partial charge in [0.15, 0.2) is 0 Å². The van der Waals surface area contributed by atoms with Crippen molar-refractivity contribution in [3.63, 3.8) is 0 Å². The molecule has 2 nitrogen and oxygen atoms in total. The van der Waals surface area contributed by atoms with Crippen LogP contribution in [0, 0.1) is 5.41 Å². The Morgan fingerprint density at radius 1 is 1.60 bits per heavy atom. The Kier molecular flexibility index (Phi) is 3.47. The monoisotopic (exact) mass is 172 g/mol. The average molecular weight is 172 g/mol. The molecule has 0 spiro atoms. The van der Waals surface area contributed by atoms with E-state index in [4.69, 9.17) is 5.48 Å². The van der Waals surface area contributed by atoms with E-state index in [2.05, 4.69) is 0 Å². The van der Waals surface area contributed by atoms with Gasteiger partial charge in [0, 0.05) is 5.48 Å². The van der Waals surface area contributed by atoms with Crippen molar-refractivity contribution in [1.82, 2.24) is 0 Å². The Morgan fingerprint density at radius 2 is 2.00 bits per heavy atom. The Hall–Kier alpha value is 0.817. The summed E-state index contributed by atoms with van der Waals surface area (Å²) >= 11 is 0. The first-order valence-electron chi connectivity index (χ1n) is 4.66. The minimum atomic E-state index is -3.79. The zero-order valence-corrected chi connectivity index (χ0v) is 9.82. The maximum atomic E-state index is 10.6. The van der Waals surface area contributed by atoms with Crippen LogP contribution in [0.4, 0.5) is 0 Å². The largest absolute Gasteiger partial charge is 1.00 e. The van der Waals surface area contributed by atoms with Crippen molar-refractivity contribution in [1.29, 1.82) is 0 Å². The van der Waals surface area contributed by atoms with Crippen molar-refractivity contribution in [3.05, 3.63) is 0 Å². The minimum absolute atomic E-state index is 0. The van der Waals surface area contributed by atoms with E-state index in [0.29, 0.717) is 0 Å². The zero-order valence-electron chi connectivity index (χ0n) is 10.8. The summed E-state index contributed by atoms with van der Waals surface area (Å²) in [6.45, 7) is 4.40. The van der Waals surface area contributed by atoms with E-state index in [1.54, 1.807) is 0 Å². The molecule has 0 rings (SSSR count). The molecule has 0 aromatic carbocycles. The van der Waals surface area contributed by atoms with Crippen LogP contribution in [0.25, 0.3) is 0 Å². The van der Waals surface area contributed by atoms with Crippen molar-refractivity contribution in [3.8, 4) is 0 Å².